The van der Waals surface area contributed by atoms with E-state index in [0.717, 1.165) is 26.9 Å². The lowest BCUT2D eigenvalue weighted by Crippen LogP contribution is -2.03. The monoisotopic (exact) mass is 292 g/mol. The van der Waals surface area contributed by atoms with Crippen molar-refractivity contribution in [1.29, 1.82) is 0 Å². The molecule has 5 heteroatoms. The van der Waals surface area contributed by atoms with Gasteiger partial charge in [-0.2, -0.15) is 13.2 Å². The first-order valence-electron chi connectivity index (χ1n) is 5.95. The van der Waals surface area contributed by atoms with Gasteiger partial charge in [0, 0.05) is 15.5 Å². The van der Waals surface area contributed by atoms with Crippen LogP contribution in [-0.2, 0) is 6.18 Å². The average Bonchev–Trinajstić information content (AvgIpc) is 2.93. The minimum atomic E-state index is -4.34. The number of thiophene rings is 1. The van der Waals surface area contributed by atoms with Gasteiger partial charge in [-0.05, 0) is 30.3 Å². The number of alkyl halides is 3. The zero-order chi connectivity index (χ0) is 13.9. The molecule has 0 N–H and O–H groups in total. The van der Waals surface area contributed by atoms with Crippen LogP contribution in [0.4, 0.5) is 13.2 Å². The molecule has 0 saturated carbocycles. The number of rotatable bonds is 0. The van der Waals surface area contributed by atoms with Crippen LogP contribution in [0.2, 0.25) is 0 Å². The van der Waals surface area contributed by atoms with Gasteiger partial charge in [0.05, 0.1) is 10.3 Å². The second kappa shape index (κ2) is 3.76. The lowest BCUT2D eigenvalue weighted by molar-refractivity contribution is -0.137. The first kappa shape index (κ1) is 11.8. The summed E-state index contributed by atoms with van der Waals surface area (Å²) in [5.41, 5.74) is 0.509. The number of benzene rings is 2. The molecule has 2 aromatic carbocycles. The van der Waals surface area contributed by atoms with Crippen LogP contribution in [0.15, 0.2) is 46.9 Å². The van der Waals surface area contributed by atoms with Crippen LogP contribution in [0.3, 0.4) is 0 Å². The van der Waals surface area contributed by atoms with Crippen LogP contribution in [0.25, 0.3) is 31.3 Å². The Bertz CT molecular complexity index is 946. The molecule has 0 atom stereocenters. The molecule has 4 rings (SSSR count). The summed E-state index contributed by atoms with van der Waals surface area (Å²) in [5, 5.41) is 1.47. The highest BCUT2D eigenvalue weighted by Gasteiger charge is 2.31. The standard InChI is InChI=1S/C15H7F3OS/c16-15(17,18)8-5-6-11-10(7-8)14-13(19-11)9-3-1-2-4-12(9)20-14/h1-7H. The molecule has 0 radical (unpaired) electrons. The third kappa shape index (κ3) is 1.56. The van der Waals surface area contributed by atoms with Gasteiger partial charge < -0.3 is 4.42 Å². The fraction of sp³-hybridized carbons (Fsp3) is 0.0667. The summed E-state index contributed by atoms with van der Waals surface area (Å²) in [5.74, 6) is 0. The Morgan fingerprint density at radius 1 is 0.950 bits per heavy atom. The Morgan fingerprint density at radius 3 is 2.55 bits per heavy atom. The van der Waals surface area contributed by atoms with Crippen molar-refractivity contribution in [2.45, 2.75) is 6.18 Å². The Labute approximate surface area is 115 Å². The van der Waals surface area contributed by atoms with Crippen molar-refractivity contribution >= 4 is 42.7 Å². The Kier molecular flexibility index (Phi) is 2.22. The highest BCUT2D eigenvalue weighted by molar-refractivity contribution is 7.26. The van der Waals surface area contributed by atoms with Crippen LogP contribution in [0, 0.1) is 0 Å². The minimum absolute atomic E-state index is 0.491. The summed E-state index contributed by atoms with van der Waals surface area (Å²) in [6, 6.07) is 11.3. The maximum atomic E-state index is 12.8. The van der Waals surface area contributed by atoms with Crippen molar-refractivity contribution in [2.75, 3.05) is 0 Å². The number of furan rings is 1. The molecule has 4 aromatic rings. The number of fused-ring (bicyclic) bond motifs is 5. The molecule has 100 valence electrons. The smallest absolute Gasteiger partial charge is 0.416 e. The minimum Gasteiger partial charge on any atom is -0.454 e. The lowest BCUT2D eigenvalue weighted by Gasteiger charge is -2.05. The largest absolute Gasteiger partial charge is 0.454 e. The van der Waals surface area contributed by atoms with Crippen molar-refractivity contribution in [2.24, 2.45) is 0 Å². The molecule has 0 aliphatic rings. The summed E-state index contributed by atoms with van der Waals surface area (Å²) < 4.78 is 45.9. The van der Waals surface area contributed by atoms with Crippen molar-refractivity contribution in [1.82, 2.24) is 0 Å². The summed E-state index contributed by atoms with van der Waals surface area (Å²) in [7, 11) is 0. The van der Waals surface area contributed by atoms with Crippen molar-refractivity contribution < 1.29 is 17.6 Å². The van der Waals surface area contributed by atoms with E-state index < -0.39 is 11.7 Å². The highest BCUT2D eigenvalue weighted by Crippen LogP contribution is 2.42. The van der Waals surface area contributed by atoms with Gasteiger partial charge in [-0.1, -0.05) is 12.1 Å². The topological polar surface area (TPSA) is 13.1 Å². The van der Waals surface area contributed by atoms with Gasteiger partial charge in [0.15, 0.2) is 5.58 Å². The molecular weight excluding hydrogens is 285 g/mol. The summed E-state index contributed by atoms with van der Waals surface area (Å²) in [4.78, 5) is 0. The molecule has 0 aliphatic carbocycles. The molecule has 0 spiro atoms. The van der Waals surface area contributed by atoms with Gasteiger partial charge in [0.2, 0.25) is 0 Å². The predicted octanol–water partition coefficient (Wildman–Crippen LogP) is 5.82. The molecule has 2 aromatic heterocycles. The Balaban J connectivity index is 2.13. The van der Waals surface area contributed by atoms with Crippen molar-refractivity contribution in [3.8, 4) is 0 Å². The molecule has 0 amide bonds. The van der Waals surface area contributed by atoms with E-state index in [2.05, 4.69) is 0 Å². The fourth-order valence-electron chi connectivity index (χ4n) is 2.38. The molecular formula is C15H7F3OS. The van der Waals surface area contributed by atoms with Crippen LogP contribution >= 0.6 is 11.3 Å². The molecule has 0 fully saturated rings. The van der Waals surface area contributed by atoms with Crippen LogP contribution < -0.4 is 0 Å². The summed E-state index contributed by atoms with van der Waals surface area (Å²) >= 11 is 1.46. The van der Waals surface area contributed by atoms with E-state index in [0.29, 0.717) is 16.6 Å². The van der Waals surface area contributed by atoms with Crippen LogP contribution in [0.1, 0.15) is 5.56 Å². The first-order chi connectivity index (χ1) is 9.54. The zero-order valence-electron chi connectivity index (χ0n) is 9.99. The molecule has 0 saturated heterocycles. The Hall–Kier alpha value is -2.01. The molecule has 0 aliphatic heterocycles. The van der Waals surface area contributed by atoms with Gasteiger partial charge >= 0.3 is 6.18 Å². The maximum Gasteiger partial charge on any atom is 0.416 e. The molecule has 0 unspecified atom stereocenters. The van der Waals surface area contributed by atoms with Crippen LogP contribution in [0.5, 0.6) is 0 Å². The van der Waals surface area contributed by atoms with Gasteiger partial charge in [-0.15, -0.1) is 11.3 Å². The van der Waals surface area contributed by atoms with E-state index in [1.807, 2.05) is 24.3 Å². The van der Waals surface area contributed by atoms with E-state index in [9.17, 15) is 13.2 Å². The number of hydrogen-bond donors (Lipinski definition) is 0. The lowest BCUT2D eigenvalue weighted by atomic mass is 10.1. The van der Waals surface area contributed by atoms with E-state index in [-0.39, 0.29) is 0 Å². The zero-order valence-corrected chi connectivity index (χ0v) is 10.8. The third-order valence-electron chi connectivity index (χ3n) is 3.31. The van der Waals surface area contributed by atoms with Gasteiger partial charge in [0.1, 0.15) is 5.58 Å². The van der Waals surface area contributed by atoms with Crippen molar-refractivity contribution in [3.05, 3.63) is 48.0 Å². The average molecular weight is 292 g/mol. The third-order valence-corrected chi connectivity index (χ3v) is 4.50. The van der Waals surface area contributed by atoms with Gasteiger partial charge in [-0.3, -0.25) is 0 Å². The quantitative estimate of drug-likeness (QED) is 0.398. The maximum absolute atomic E-state index is 12.8. The molecule has 2 heterocycles. The number of hydrogen-bond acceptors (Lipinski definition) is 2. The van der Waals surface area contributed by atoms with E-state index in [1.165, 1.54) is 17.4 Å². The highest BCUT2D eigenvalue weighted by atomic mass is 32.1. The first-order valence-corrected chi connectivity index (χ1v) is 6.77. The molecule has 1 nitrogen and oxygen atoms in total. The SMILES string of the molecule is FC(F)(F)c1ccc2oc3c4ccccc4sc3c2c1. The number of halogens is 3. The van der Waals surface area contributed by atoms with Crippen LogP contribution in [-0.4, -0.2) is 0 Å². The van der Waals surface area contributed by atoms with Crippen molar-refractivity contribution in [3.63, 3.8) is 0 Å². The fourth-order valence-corrected chi connectivity index (χ4v) is 3.53. The second-order valence-corrected chi connectivity index (χ2v) is 5.62. The van der Waals surface area contributed by atoms with E-state index in [4.69, 9.17) is 4.42 Å². The van der Waals surface area contributed by atoms with Gasteiger partial charge in [-0.25, -0.2) is 0 Å². The Morgan fingerprint density at radius 2 is 1.75 bits per heavy atom. The summed E-state index contributed by atoms with van der Waals surface area (Å²) in [6.45, 7) is 0. The van der Waals surface area contributed by atoms with E-state index >= 15 is 0 Å². The van der Waals surface area contributed by atoms with Gasteiger partial charge in [0.25, 0.3) is 0 Å². The molecule has 0 bridgehead atoms. The summed E-state index contributed by atoms with van der Waals surface area (Å²) in [6.07, 6.45) is -4.34. The van der Waals surface area contributed by atoms with E-state index in [1.54, 1.807) is 0 Å². The molecule has 20 heavy (non-hydrogen) atoms. The normalized spacial score (nSPS) is 12.8. The second-order valence-electron chi connectivity index (χ2n) is 4.57. The predicted molar refractivity (Wildman–Crippen MR) is 74.1 cm³/mol.